The van der Waals surface area contributed by atoms with E-state index < -0.39 is 0 Å². The highest BCUT2D eigenvalue weighted by Crippen LogP contribution is 2.42. The summed E-state index contributed by atoms with van der Waals surface area (Å²) < 4.78 is 10.6. The van der Waals surface area contributed by atoms with Crippen molar-refractivity contribution >= 4 is 17.1 Å². The predicted molar refractivity (Wildman–Crippen MR) is 151 cm³/mol. The second-order valence-corrected chi connectivity index (χ2v) is 11.4. The zero-order valence-corrected chi connectivity index (χ0v) is 22.5. The van der Waals surface area contributed by atoms with Crippen molar-refractivity contribution in [2.24, 2.45) is 11.1 Å². The number of fused-ring (bicyclic) bond motifs is 2. The van der Waals surface area contributed by atoms with Crippen LogP contribution in [0.4, 0.5) is 11.5 Å². The van der Waals surface area contributed by atoms with Gasteiger partial charge in [-0.1, -0.05) is 6.07 Å². The van der Waals surface area contributed by atoms with E-state index in [0.29, 0.717) is 34.6 Å². The first kappa shape index (κ1) is 24.8. The van der Waals surface area contributed by atoms with Crippen molar-refractivity contribution < 1.29 is 9.47 Å². The molecule has 0 radical (unpaired) electrons. The average Bonchev–Trinajstić information content (AvgIpc) is 2.96. The minimum absolute atomic E-state index is 0.299. The van der Waals surface area contributed by atoms with E-state index in [0.717, 1.165) is 68.6 Å². The van der Waals surface area contributed by atoms with Crippen molar-refractivity contribution in [2.45, 2.75) is 25.0 Å². The summed E-state index contributed by atoms with van der Waals surface area (Å²) in [6.07, 6.45) is 8.17. The summed E-state index contributed by atoms with van der Waals surface area (Å²) in [6.45, 7) is 6.39. The molecule has 0 saturated carbocycles. The van der Waals surface area contributed by atoms with Gasteiger partial charge in [-0.2, -0.15) is 5.26 Å². The number of aromatic nitrogens is 3. The molecule has 2 unspecified atom stereocenters. The van der Waals surface area contributed by atoms with Gasteiger partial charge in [-0.3, -0.25) is 9.88 Å². The summed E-state index contributed by atoms with van der Waals surface area (Å²) in [5.74, 6) is 1.61. The quantitative estimate of drug-likeness (QED) is 0.452. The van der Waals surface area contributed by atoms with Crippen LogP contribution in [0.3, 0.4) is 0 Å². The highest BCUT2D eigenvalue weighted by atomic mass is 16.5. The molecule has 10 nitrogen and oxygen atoms in total. The molecule has 204 valence electrons. The Hall–Kier alpha value is -4.20. The molecule has 2 bridgehead atoms. The van der Waals surface area contributed by atoms with E-state index in [-0.39, 0.29) is 0 Å². The lowest BCUT2D eigenvalue weighted by Gasteiger charge is -2.56. The number of allylic oxidation sites excluding steroid dienone is 1. The predicted octanol–water partition coefficient (Wildman–Crippen LogP) is 2.67. The van der Waals surface area contributed by atoms with Gasteiger partial charge >= 0.3 is 0 Å². The maximum absolute atomic E-state index is 9.68. The monoisotopic (exact) mass is 536 g/mol. The number of anilines is 2. The average molecular weight is 537 g/mol. The molecule has 5 saturated heterocycles. The first-order valence-corrected chi connectivity index (χ1v) is 13.7. The minimum Gasteiger partial charge on any atom is -0.481 e. The molecule has 0 aromatic carbocycles. The van der Waals surface area contributed by atoms with Crippen LogP contribution < -0.4 is 20.3 Å². The lowest BCUT2D eigenvalue weighted by Crippen LogP contribution is -2.68. The van der Waals surface area contributed by atoms with Gasteiger partial charge in [-0.15, -0.1) is 0 Å². The van der Waals surface area contributed by atoms with E-state index in [9.17, 15) is 5.26 Å². The van der Waals surface area contributed by atoms with Crippen LogP contribution in [-0.2, 0) is 11.3 Å². The highest BCUT2D eigenvalue weighted by Gasteiger charge is 2.49. The summed E-state index contributed by atoms with van der Waals surface area (Å²) in [6, 6.07) is 13.5. The topological polar surface area (TPSA) is 117 Å². The fraction of sp³-hybridized carbons (Fsp3) is 0.400. The molecule has 8 rings (SSSR count). The zero-order chi connectivity index (χ0) is 27.3. The third-order valence-corrected chi connectivity index (χ3v) is 8.75. The number of ether oxygens (including phenoxy) is 2. The number of rotatable bonds is 7. The fourth-order valence-corrected chi connectivity index (χ4v) is 6.45. The molecular formula is C30H32N8O2. The Balaban J connectivity index is 1.07. The van der Waals surface area contributed by atoms with Crippen molar-refractivity contribution in [1.82, 2.24) is 19.9 Å². The Bertz CT molecular complexity index is 1460. The third kappa shape index (κ3) is 4.22. The van der Waals surface area contributed by atoms with Crippen LogP contribution >= 0.6 is 0 Å². The van der Waals surface area contributed by atoms with Gasteiger partial charge in [0.05, 0.1) is 48.9 Å². The van der Waals surface area contributed by atoms with E-state index in [1.165, 1.54) is 18.2 Å². The molecule has 5 aliphatic rings. The van der Waals surface area contributed by atoms with Crippen molar-refractivity contribution in [3.63, 3.8) is 0 Å². The largest absolute Gasteiger partial charge is 0.481 e. The normalized spacial score (nSPS) is 23.1. The van der Waals surface area contributed by atoms with Gasteiger partial charge in [-0.25, -0.2) is 9.97 Å². The van der Waals surface area contributed by atoms with E-state index in [4.69, 9.17) is 20.2 Å². The Morgan fingerprint density at radius 1 is 1.10 bits per heavy atom. The molecule has 5 fully saturated rings. The Labute approximate surface area is 233 Å². The highest BCUT2D eigenvalue weighted by molar-refractivity contribution is 5.86. The van der Waals surface area contributed by atoms with E-state index >= 15 is 0 Å². The maximum Gasteiger partial charge on any atom is 0.212 e. The summed E-state index contributed by atoms with van der Waals surface area (Å²) in [4.78, 5) is 21.1. The number of methoxy groups -OCH3 is 1. The van der Waals surface area contributed by atoms with Crippen molar-refractivity contribution in [1.29, 1.82) is 5.26 Å². The van der Waals surface area contributed by atoms with E-state index in [1.54, 1.807) is 7.11 Å². The zero-order valence-electron chi connectivity index (χ0n) is 22.5. The van der Waals surface area contributed by atoms with E-state index in [1.807, 2.05) is 24.7 Å². The van der Waals surface area contributed by atoms with Gasteiger partial charge in [0, 0.05) is 80.6 Å². The van der Waals surface area contributed by atoms with E-state index in [2.05, 4.69) is 55.0 Å². The lowest BCUT2D eigenvalue weighted by atomic mass is 9.78. The van der Waals surface area contributed by atoms with Crippen LogP contribution in [0.5, 0.6) is 5.88 Å². The molecule has 5 aliphatic heterocycles. The first-order valence-electron chi connectivity index (χ1n) is 13.7. The summed E-state index contributed by atoms with van der Waals surface area (Å²) in [7, 11) is 1.64. The van der Waals surface area contributed by atoms with Crippen LogP contribution in [0.25, 0.3) is 16.7 Å². The summed E-state index contributed by atoms with van der Waals surface area (Å²) in [5, 5.41) is 9.68. The van der Waals surface area contributed by atoms with Crippen molar-refractivity contribution in [2.75, 3.05) is 56.3 Å². The molecule has 3 aromatic heterocycles. The van der Waals surface area contributed by atoms with Gasteiger partial charge in [0.15, 0.2) is 0 Å². The number of piperidine rings is 1. The van der Waals surface area contributed by atoms with Crippen LogP contribution in [0.15, 0.2) is 55.1 Å². The van der Waals surface area contributed by atoms with Gasteiger partial charge < -0.3 is 25.0 Å². The van der Waals surface area contributed by atoms with Crippen molar-refractivity contribution in [3.8, 4) is 23.1 Å². The Kier molecular flexibility index (Phi) is 6.06. The number of piperazine rings is 1. The van der Waals surface area contributed by atoms with Gasteiger partial charge in [-0.05, 0) is 30.2 Å². The molecule has 10 heteroatoms. The van der Waals surface area contributed by atoms with Gasteiger partial charge in [0.1, 0.15) is 11.9 Å². The van der Waals surface area contributed by atoms with Gasteiger partial charge in [0.25, 0.3) is 0 Å². The molecule has 2 atom stereocenters. The smallest absolute Gasteiger partial charge is 0.212 e. The number of hydrogen-bond donors (Lipinski definition) is 1. The van der Waals surface area contributed by atoms with Crippen molar-refractivity contribution in [3.05, 3.63) is 66.4 Å². The molecule has 8 heterocycles. The van der Waals surface area contributed by atoms with Gasteiger partial charge in [0.2, 0.25) is 5.88 Å². The summed E-state index contributed by atoms with van der Waals surface area (Å²) >= 11 is 0. The van der Waals surface area contributed by atoms with Crippen LogP contribution in [0, 0.1) is 16.7 Å². The second-order valence-electron chi connectivity index (χ2n) is 11.4. The minimum atomic E-state index is 0.299. The second kappa shape index (κ2) is 9.77. The number of nitrogens with zero attached hydrogens (tertiary/aromatic N) is 7. The summed E-state index contributed by atoms with van der Waals surface area (Å²) in [5.41, 5.74) is 11.0. The number of nitrogens with two attached hydrogens (primary N) is 1. The standard InChI is InChI=1S/C30H32N8O2/c1-39-28-5-2-20(10-34-28)13-38-24-6-25(38)15-36(14-24)27-4-3-21(11-33-27)26-7-23(12-35-29(26)22(8-31)9-32)37-16-30(17-37)18-40-19-30/h2-5,7-8,10-12,24-25H,6,13-19,31H2,1H3. The molecular weight excluding hydrogens is 504 g/mol. The lowest BCUT2D eigenvalue weighted by molar-refractivity contribution is -0.127. The Morgan fingerprint density at radius 2 is 1.93 bits per heavy atom. The molecule has 0 amide bonds. The number of nitriles is 1. The first-order chi connectivity index (χ1) is 19.6. The number of pyridine rings is 3. The number of hydrogen-bond acceptors (Lipinski definition) is 10. The molecule has 40 heavy (non-hydrogen) atoms. The third-order valence-electron chi connectivity index (χ3n) is 8.75. The fourth-order valence-electron chi connectivity index (χ4n) is 6.45. The molecule has 2 N–H and O–H groups in total. The SMILES string of the molecule is COc1ccc(CN2C3CC2CN(c2ccc(-c4cc(N5CC6(COC6)C5)cnc4C(C#N)=CN)cn2)C3)cn1. The maximum atomic E-state index is 9.68. The molecule has 1 spiro atoms. The van der Waals surface area contributed by atoms with Crippen LogP contribution in [-0.4, -0.2) is 78.4 Å². The molecule has 0 aliphatic carbocycles. The Morgan fingerprint density at radius 3 is 2.52 bits per heavy atom. The van der Waals surface area contributed by atoms with Crippen LogP contribution in [0.1, 0.15) is 17.7 Å². The van der Waals surface area contributed by atoms with Crippen LogP contribution in [0.2, 0.25) is 0 Å². The molecule has 3 aromatic rings.